The molecule has 98 valence electrons. The zero-order chi connectivity index (χ0) is 13.9. The van der Waals surface area contributed by atoms with E-state index in [1.54, 1.807) is 18.2 Å². The summed E-state index contributed by atoms with van der Waals surface area (Å²) in [5.74, 6) is 1.41. The van der Waals surface area contributed by atoms with E-state index in [2.05, 4.69) is 22.0 Å². The van der Waals surface area contributed by atoms with Gasteiger partial charge in [0.25, 0.3) is 0 Å². The van der Waals surface area contributed by atoms with Crippen LogP contribution in [0.25, 0.3) is 10.8 Å². The number of rotatable bonds is 3. The van der Waals surface area contributed by atoms with Crippen LogP contribution in [0.5, 0.6) is 11.5 Å². The van der Waals surface area contributed by atoms with Gasteiger partial charge in [0, 0.05) is 10.0 Å². The van der Waals surface area contributed by atoms with E-state index in [0.29, 0.717) is 11.3 Å². The van der Waals surface area contributed by atoms with Gasteiger partial charge in [0.05, 0.1) is 0 Å². The van der Waals surface area contributed by atoms with E-state index in [1.165, 1.54) is 0 Å². The van der Waals surface area contributed by atoms with E-state index in [0.717, 1.165) is 27.3 Å². The van der Waals surface area contributed by atoms with Crippen molar-refractivity contribution < 1.29 is 9.53 Å². The van der Waals surface area contributed by atoms with Gasteiger partial charge in [0.2, 0.25) is 0 Å². The Kier molecular flexibility index (Phi) is 3.52. The Bertz CT molecular complexity index is 781. The number of halogens is 1. The van der Waals surface area contributed by atoms with Crippen LogP contribution in [0.15, 0.2) is 65.1 Å². The normalized spacial score (nSPS) is 10.4. The smallest absolute Gasteiger partial charge is 0.150 e. The fraction of sp³-hybridized carbons (Fsp3) is 0. The van der Waals surface area contributed by atoms with Crippen LogP contribution >= 0.6 is 15.9 Å². The highest BCUT2D eigenvalue weighted by atomic mass is 79.9. The molecule has 3 aromatic rings. The first kappa shape index (κ1) is 12.9. The fourth-order valence-electron chi connectivity index (χ4n) is 2.05. The average Bonchev–Trinajstić information content (AvgIpc) is 2.47. The number of hydrogen-bond donors (Lipinski definition) is 0. The number of aldehydes is 1. The number of fused-ring (bicyclic) bond motifs is 1. The maximum absolute atomic E-state index is 10.8. The lowest BCUT2D eigenvalue weighted by molar-refractivity contribution is 0.112. The third-order valence-electron chi connectivity index (χ3n) is 3.00. The minimum Gasteiger partial charge on any atom is -0.457 e. The molecule has 0 radical (unpaired) electrons. The molecule has 0 bridgehead atoms. The molecule has 0 spiro atoms. The molecule has 0 aromatic heterocycles. The van der Waals surface area contributed by atoms with E-state index in [-0.39, 0.29) is 0 Å². The summed E-state index contributed by atoms with van der Waals surface area (Å²) in [5, 5.41) is 2.26. The second-order valence-corrected chi connectivity index (χ2v) is 5.36. The van der Waals surface area contributed by atoms with Crippen molar-refractivity contribution in [2.75, 3.05) is 0 Å². The molecule has 0 atom stereocenters. The Hall–Kier alpha value is -2.13. The Labute approximate surface area is 125 Å². The monoisotopic (exact) mass is 326 g/mol. The summed E-state index contributed by atoms with van der Waals surface area (Å²) in [4.78, 5) is 10.8. The number of benzene rings is 3. The molecular formula is C17H11BrO2. The molecule has 3 rings (SSSR count). The molecule has 3 heteroatoms. The summed E-state index contributed by atoms with van der Waals surface area (Å²) in [6.45, 7) is 0. The summed E-state index contributed by atoms with van der Waals surface area (Å²) >= 11 is 3.46. The summed E-state index contributed by atoms with van der Waals surface area (Å²) in [6.07, 6.45) is 0.810. The van der Waals surface area contributed by atoms with Crippen LogP contribution in [-0.2, 0) is 0 Å². The summed E-state index contributed by atoms with van der Waals surface area (Å²) in [5.41, 5.74) is 0.604. The van der Waals surface area contributed by atoms with Gasteiger partial charge < -0.3 is 4.74 Å². The molecule has 0 fully saturated rings. The third-order valence-corrected chi connectivity index (χ3v) is 3.50. The first-order valence-electron chi connectivity index (χ1n) is 6.17. The maximum atomic E-state index is 10.8. The van der Waals surface area contributed by atoms with Crippen LogP contribution in [0.3, 0.4) is 0 Å². The van der Waals surface area contributed by atoms with E-state index >= 15 is 0 Å². The highest BCUT2D eigenvalue weighted by molar-refractivity contribution is 9.10. The van der Waals surface area contributed by atoms with Gasteiger partial charge in [-0.25, -0.2) is 0 Å². The Morgan fingerprint density at radius 1 is 0.850 bits per heavy atom. The molecule has 20 heavy (non-hydrogen) atoms. The molecule has 0 N–H and O–H groups in total. The quantitative estimate of drug-likeness (QED) is 0.618. The zero-order valence-corrected chi connectivity index (χ0v) is 12.1. The van der Waals surface area contributed by atoms with Crippen molar-refractivity contribution in [2.45, 2.75) is 0 Å². The van der Waals surface area contributed by atoms with E-state index in [1.807, 2.05) is 36.4 Å². The van der Waals surface area contributed by atoms with Crippen LogP contribution < -0.4 is 4.74 Å². The van der Waals surface area contributed by atoms with Crippen LogP contribution in [0.1, 0.15) is 10.4 Å². The molecule has 0 aliphatic rings. The van der Waals surface area contributed by atoms with Crippen molar-refractivity contribution in [1.29, 1.82) is 0 Å². The maximum Gasteiger partial charge on any atom is 0.150 e. The van der Waals surface area contributed by atoms with Crippen LogP contribution in [-0.4, -0.2) is 6.29 Å². The first-order valence-corrected chi connectivity index (χ1v) is 6.96. The topological polar surface area (TPSA) is 26.3 Å². The molecule has 0 amide bonds. The van der Waals surface area contributed by atoms with E-state index in [9.17, 15) is 4.79 Å². The van der Waals surface area contributed by atoms with Gasteiger partial charge in [-0.15, -0.1) is 0 Å². The second-order valence-electron chi connectivity index (χ2n) is 4.45. The number of hydrogen-bond acceptors (Lipinski definition) is 2. The van der Waals surface area contributed by atoms with Gasteiger partial charge >= 0.3 is 0 Å². The second kappa shape index (κ2) is 5.47. The molecule has 3 aromatic carbocycles. The van der Waals surface area contributed by atoms with Crippen LogP contribution in [0.2, 0.25) is 0 Å². The molecule has 0 saturated carbocycles. The third kappa shape index (κ3) is 2.73. The van der Waals surface area contributed by atoms with Crippen molar-refractivity contribution in [3.05, 3.63) is 70.7 Å². The predicted molar refractivity (Wildman–Crippen MR) is 83.6 cm³/mol. The summed E-state index contributed by atoms with van der Waals surface area (Å²) in [7, 11) is 0. The zero-order valence-electron chi connectivity index (χ0n) is 10.5. The van der Waals surface area contributed by atoms with Crippen molar-refractivity contribution >= 4 is 33.0 Å². The molecule has 0 aliphatic carbocycles. The molecule has 0 aliphatic heterocycles. The Balaban J connectivity index is 1.94. The van der Waals surface area contributed by atoms with E-state index < -0.39 is 0 Å². The summed E-state index contributed by atoms with van der Waals surface area (Å²) < 4.78 is 6.84. The van der Waals surface area contributed by atoms with Gasteiger partial charge in [-0.2, -0.15) is 0 Å². The van der Waals surface area contributed by atoms with Gasteiger partial charge in [-0.3, -0.25) is 4.79 Å². The highest BCUT2D eigenvalue weighted by Crippen LogP contribution is 2.27. The van der Waals surface area contributed by atoms with Gasteiger partial charge in [-0.05, 0) is 47.2 Å². The molecular weight excluding hydrogens is 316 g/mol. The van der Waals surface area contributed by atoms with Crippen LogP contribution in [0.4, 0.5) is 0 Å². The molecule has 0 saturated heterocycles. The minimum atomic E-state index is 0.604. The Morgan fingerprint density at radius 3 is 2.45 bits per heavy atom. The Morgan fingerprint density at radius 2 is 1.60 bits per heavy atom. The molecule has 0 unspecified atom stereocenters. The van der Waals surface area contributed by atoms with E-state index in [4.69, 9.17) is 4.74 Å². The number of carbonyl (C=O) groups excluding carboxylic acids is 1. The molecule has 0 heterocycles. The van der Waals surface area contributed by atoms with Gasteiger partial charge in [-0.1, -0.05) is 40.2 Å². The first-order chi connectivity index (χ1) is 9.74. The standard InChI is InChI=1S/C17H11BrO2/c18-15-6-4-14-10-17(7-5-13(14)9-15)20-16-3-1-2-12(8-16)11-19/h1-11H. The predicted octanol–water partition coefficient (Wildman–Crippen LogP) is 5.21. The number of ether oxygens (including phenoxy) is 1. The van der Waals surface area contributed by atoms with Crippen molar-refractivity contribution in [3.8, 4) is 11.5 Å². The minimum absolute atomic E-state index is 0.604. The largest absolute Gasteiger partial charge is 0.457 e. The van der Waals surface area contributed by atoms with Gasteiger partial charge in [0.1, 0.15) is 17.8 Å². The van der Waals surface area contributed by atoms with Crippen LogP contribution in [0, 0.1) is 0 Å². The SMILES string of the molecule is O=Cc1cccc(Oc2ccc3cc(Br)ccc3c2)c1. The lowest BCUT2D eigenvalue weighted by Gasteiger charge is -2.07. The molecule has 2 nitrogen and oxygen atoms in total. The van der Waals surface area contributed by atoms with Crippen molar-refractivity contribution in [2.24, 2.45) is 0 Å². The lowest BCUT2D eigenvalue weighted by Crippen LogP contribution is -1.86. The van der Waals surface area contributed by atoms with Gasteiger partial charge in [0.15, 0.2) is 0 Å². The lowest BCUT2D eigenvalue weighted by atomic mass is 10.1. The number of carbonyl (C=O) groups is 1. The average molecular weight is 327 g/mol. The summed E-state index contributed by atoms with van der Waals surface area (Å²) in [6, 6.07) is 19.1. The van der Waals surface area contributed by atoms with Crippen molar-refractivity contribution in [1.82, 2.24) is 0 Å². The van der Waals surface area contributed by atoms with Crippen molar-refractivity contribution in [3.63, 3.8) is 0 Å². The highest BCUT2D eigenvalue weighted by Gasteiger charge is 2.01. The fourth-order valence-corrected chi connectivity index (χ4v) is 2.42.